The Balaban J connectivity index is 3.82. The molecule has 0 aromatic carbocycles. The predicted octanol–water partition coefficient (Wildman–Crippen LogP) is -0.322. The fourth-order valence-electron chi connectivity index (χ4n) is 0.269. The highest BCUT2D eigenvalue weighted by Gasteiger charge is 2.25. The lowest BCUT2D eigenvalue weighted by molar-refractivity contribution is -0.764. The number of alkyl halides is 2. The SMILES string of the molecule is O=[N+]([O-])OC(Cl)C(O)C(O)Cl. The van der Waals surface area contributed by atoms with E-state index >= 15 is 0 Å². The van der Waals surface area contributed by atoms with Crippen LogP contribution in [0, 0.1) is 10.1 Å². The molecule has 0 bridgehead atoms. The highest BCUT2D eigenvalue weighted by Crippen LogP contribution is 2.11. The van der Waals surface area contributed by atoms with Crippen LogP contribution < -0.4 is 0 Å². The highest BCUT2D eigenvalue weighted by atomic mass is 35.5. The van der Waals surface area contributed by atoms with Crippen molar-refractivity contribution in [2.24, 2.45) is 0 Å². The van der Waals surface area contributed by atoms with Crippen molar-refractivity contribution in [3.63, 3.8) is 0 Å². The van der Waals surface area contributed by atoms with Crippen molar-refractivity contribution < 1.29 is 20.1 Å². The first-order valence-electron chi connectivity index (χ1n) is 2.40. The Morgan fingerprint density at radius 2 is 1.91 bits per heavy atom. The normalized spacial score (nSPS) is 18.5. The molecule has 0 aliphatic carbocycles. The molecule has 0 aromatic rings. The first kappa shape index (κ1) is 10.7. The Hall–Kier alpha value is -0.300. The van der Waals surface area contributed by atoms with Crippen molar-refractivity contribution in [2.75, 3.05) is 0 Å². The summed E-state index contributed by atoms with van der Waals surface area (Å²) >= 11 is 9.99. The van der Waals surface area contributed by atoms with Crippen LogP contribution in [-0.4, -0.2) is 32.5 Å². The number of hydrogen-bond acceptors (Lipinski definition) is 5. The second kappa shape index (κ2) is 4.55. The van der Waals surface area contributed by atoms with Gasteiger partial charge < -0.3 is 10.2 Å². The molecule has 8 heteroatoms. The minimum Gasteiger partial charge on any atom is -0.385 e. The second-order valence-corrected chi connectivity index (χ2v) is 2.42. The standard InChI is InChI=1S/C3H5Cl2NO5/c4-2(8)1(7)3(5)11-6(9)10/h1-3,7-8H. The summed E-state index contributed by atoms with van der Waals surface area (Å²) in [7, 11) is 0. The molecule has 0 aliphatic heterocycles. The fourth-order valence-corrected chi connectivity index (χ4v) is 0.679. The first-order chi connectivity index (χ1) is 4.95. The van der Waals surface area contributed by atoms with Crippen molar-refractivity contribution in [2.45, 2.75) is 17.2 Å². The maximum absolute atomic E-state index is 9.60. The van der Waals surface area contributed by atoms with Crippen molar-refractivity contribution >= 4 is 23.2 Å². The van der Waals surface area contributed by atoms with Gasteiger partial charge in [0.2, 0.25) is 5.56 Å². The second-order valence-electron chi connectivity index (χ2n) is 1.54. The van der Waals surface area contributed by atoms with Gasteiger partial charge >= 0.3 is 0 Å². The highest BCUT2D eigenvalue weighted by molar-refractivity contribution is 6.23. The van der Waals surface area contributed by atoms with Crippen LogP contribution in [0.1, 0.15) is 0 Å². The minimum atomic E-state index is -1.70. The molecular weight excluding hydrogens is 201 g/mol. The number of rotatable bonds is 4. The van der Waals surface area contributed by atoms with Gasteiger partial charge in [-0.15, -0.1) is 10.1 Å². The summed E-state index contributed by atoms with van der Waals surface area (Å²) in [6.45, 7) is 0. The molecule has 3 atom stereocenters. The van der Waals surface area contributed by atoms with E-state index in [-0.39, 0.29) is 0 Å². The van der Waals surface area contributed by atoms with Gasteiger partial charge in [0.05, 0.1) is 0 Å². The van der Waals surface area contributed by atoms with E-state index in [1.165, 1.54) is 0 Å². The van der Waals surface area contributed by atoms with E-state index in [9.17, 15) is 10.1 Å². The van der Waals surface area contributed by atoms with E-state index in [0.717, 1.165) is 0 Å². The van der Waals surface area contributed by atoms with Gasteiger partial charge in [-0.2, -0.15) is 0 Å². The van der Waals surface area contributed by atoms with E-state index in [1.807, 2.05) is 0 Å². The number of halogens is 2. The summed E-state index contributed by atoms with van der Waals surface area (Å²) in [5, 5.41) is 25.5. The van der Waals surface area contributed by atoms with Crippen LogP contribution in [-0.2, 0) is 4.84 Å². The average molecular weight is 206 g/mol. The van der Waals surface area contributed by atoms with Gasteiger partial charge in [-0.05, 0) is 0 Å². The van der Waals surface area contributed by atoms with Crippen LogP contribution in [0.15, 0.2) is 0 Å². The molecule has 0 rings (SSSR count). The van der Waals surface area contributed by atoms with Gasteiger partial charge in [0.25, 0.3) is 5.09 Å². The lowest BCUT2D eigenvalue weighted by Gasteiger charge is -2.15. The summed E-state index contributed by atoms with van der Waals surface area (Å²) in [6, 6.07) is 0. The molecule has 0 aromatic heterocycles. The summed E-state index contributed by atoms with van der Waals surface area (Å²) in [5.74, 6) is 0. The van der Waals surface area contributed by atoms with Gasteiger partial charge in [0.1, 0.15) is 6.10 Å². The molecule has 0 saturated heterocycles. The molecule has 0 amide bonds. The molecule has 0 radical (unpaired) electrons. The monoisotopic (exact) mass is 205 g/mol. The maximum Gasteiger partial charge on any atom is 0.296 e. The van der Waals surface area contributed by atoms with Gasteiger partial charge in [0.15, 0.2) is 5.56 Å². The number of nitrogens with zero attached hydrogens (tertiary/aromatic N) is 1. The molecule has 0 spiro atoms. The molecule has 0 fully saturated rings. The van der Waals surface area contributed by atoms with Crippen LogP contribution in [0.5, 0.6) is 0 Å². The molecule has 3 unspecified atom stereocenters. The minimum absolute atomic E-state index is 1.19. The third kappa shape index (κ3) is 4.20. The van der Waals surface area contributed by atoms with Crippen molar-refractivity contribution in [3.8, 4) is 0 Å². The Bertz CT molecular complexity index is 142. The third-order valence-electron chi connectivity index (χ3n) is 0.737. The van der Waals surface area contributed by atoms with Gasteiger partial charge in [-0.1, -0.05) is 23.2 Å². The van der Waals surface area contributed by atoms with E-state index < -0.39 is 22.3 Å². The average Bonchev–Trinajstić information content (AvgIpc) is 1.84. The molecule has 0 heterocycles. The first-order valence-corrected chi connectivity index (χ1v) is 3.28. The summed E-state index contributed by atoms with van der Waals surface area (Å²) in [5.41, 5.74) is -3.37. The topological polar surface area (TPSA) is 92.8 Å². The number of aliphatic hydroxyl groups excluding tert-OH is 2. The van der Waals surface area contributed by atoms with Crippen molar-refractivity contribution in [3.05, 3.63) is 10.1 Å². The van der Waals surface area contributed by atoms with Gasteiger partial charge in [0, 0.05) is 0 Å². The van der Waals surface area contributed by atoms with E-state index in [4.69, 9.17) is 33.4 Å². The largest absolute Gasteiger partial charge is 0.385 e. The zero-order valence-corrected chi connectivity index (χ0v) is 6.57. The quantitative estimate of drug-likeness (QED) is 0.373. The third-order valence-corrected chi connectivity index (χ3v) is 1.33. The molecule has 66 valence electrons. The Labute approximate surface area is 71.4 Å². The summed E-state index contributed by atoms with van der Waals surface area (Å²) < 4.78 is 0. The Kier molecular flexibility index (Phi) is 4.43. The van der Waals surface area contributed by atoms with E-state index in [2.05, 4.69) is 4.84 Å². The summed E-state index contributed by atoms with van der Waals surface area (Å²) in [6.07, 6.45) is -1.70. The fraction of sp³-hybridized carbons (Fsp3) is 1.00. The van der Waals surface area contributed by atoms with Gasteiger partial charge in [-0.25, -0.2) is 0 Å². The lowest BCUT2D eigenvalue weighted by atomic mass is 10.4. The van der Waals surface area contributed by atoms with Crippen LogP contribution in [0.3, 0.4) is 0 Å². The predicted molar refractivity (Wildman–Crippen MR) is 35.6 cm³/mol. The zero-order valence-electron chi connectivity index (χ0n) is 5.05. The number of aliphatic hydroxyl groups is 2. The zero-order chi connectivity index (χ0) is 9.02. The molecule has 2 N–H and O–H groups in total. The Morgan fingerprint density at radius 1 is 1.45 bits per heavy atom. The van der Waals surface area contributed by atoms with Crippen LogP contribution in [0.25, 0.3) is 0 Å². The smallest absolute Gasteiger partial charge is 0.296 e. The molecule has 0 aliphatic rings. The summed E-state index contributed by atoms with van der Waals surface area (Å²) in [4.78, 5) is 13.3. The maximum atomic E-state index is 9.60. The van der Waals surface area contributed by atoms with E-state index in [0.29, 0.717) is 0 Å². The molecular formula is C3H5Cl2NO5. The molecule has 6 nitrogen and oxygen atoms in total. The molecule has 11 heavy (non-hydrogen) atoms. The van der Waals surface area contributed by atoms with E-state index in [1.54, 1.807) is 0 Å². The Morgan fingerprint density at radius 3 is 2.18 bits per heavy atom. The van der Waals surface area contributed by atoms with Crippen LogP contribution >= 0.6 is 23.2 Å². The number of hydrogen-bond donors (Lipinski definition) is 2. The van der Waals surface area contributed by atoms with Gasteiger partial charge in [-0.3, -0.25) is 4.84 Å². The molecule has 0 saturated carbocycles. The van der Waals surface area contributed by atoms with Crippen molar-refractivity contribution in [1.29, 1.82) is 0 Å². The van der Waals surface area contributed by atoms with Crippen LogP contribution in [0.2, 0.25) is 0 Å². The van der Waals surface area contributed by atoms with Crippen molar-refractivity contribution in [1.82, 2.24) is 0 Å². The lowest BCUT2D eigenvalue weighted by Crippen LogP contribution is -2.33. The van der Waals surface area contributed by atoms with Crippen LogP contribution in [0.4, 0.5) is 0 Å².